The van der Waals surface area contributed by atoms with Gasteiger partial charge in [0.05, 0.1) is 17.3 Å². The van der Waals surface area contributed by atoms with Gasteiger partial charge < -0.3 is 10.6 Å². The minimum atomic E-state index is -3.25. The van der Waals surface area contributed by atoms with Crippen LogP contribution in [0.3, 0.4) is 0 Å². The summed E-state index contributed by atoms with van der Waals surface area (Å²) in [5.41, 5.74) is 0.409. The predicted molar refractivity (Wildman–Crippen MR) is 146 cm³/mol. The molecule has 1 saturated carbocycles. The molecular formula is C31H23F5N6O2. The molecule has 4 aromatic rings. The van der Waals surface area contributed by atoms with E-state index in [1.54, 1.807) is 12.1 Å². The van der Waals surface area contributed by atoms with Crippen molar-refractivity contribution >= 4 is 11.8 Å². The summed E-state index contributed by atoms with van der Waals surface area (Å²) in [6.07, 6.45) is 1.49. The number of fused-ring (bicyclic) bond motifs is 3. The van der Waals surface area contributed by atoms with Crippen LogP contribution < -0.4 is 10.6 Å². The standard InChI is InChI=1S/C31H23F5N6O2/c1-38-30(44)21-10-16(4-5-23(21)34)19-3-2-6-39-28(19)24(9-15-7-17(32)11-18(33)8-15)40-26(43)14-42-29-27(25(13-37)41-42)20-12-22(20)31(29,35)36/h2-8,10-11,20,22,24H,9,12,14H2,1H3,(H,38,44)(H,40,43)/t20?,22?,24-/m0/s1. The lowest BCUT2D eigenvalue weighted by Crippen LogP contribution is -2.35. The first kappa shape index (κ1) is 29.0. The molecule has 1 fully saturated rings. The number of alkyl halides is 2. The van der Waals surface area contributed by atoms with Gasteiger partial charge in [0.1, 0.15) is 35.8 Å². The molecule has 0 spiro atoms. The second-order valence-electron chi connectivity index (χ2n) is 10.8. The molecule has 2 aliphatic rings. The monoisotopic (exact) mass is 606 g/mol. The van der Waals surface area contributed by atoms with E-state index < -0.39 is 65.3 Å². The topological polar surface area (TPSA) is 113 Å². The highest BCUT2D eigenvalue weighted by atomic mass is 19.3. The van der Waals surface area contributed by atoms with Crippen molar-refractivity contribution in [3.63, 3.8) is 0 Å². The van der Waals surface area contributed by atoms with E-state index in [0.29, 0.717) is 17.2 Å². The van der Waals surface area contributed by atoms with Gasteiger partial charge in [0.15, 0.2) is 5.69 Å². The van der Waals surface area contributed by atoms with Gasteiger partial charge in [0.25, 0.3) is 11.8 Å². The van der Waals surface area contributed by atoms with Gasteiger partial charge >= 0.3 is 0 Å². The Bertz CT molecular complexity index is 1850. The second-order valence-corrected chi connectivity index (χ2v) is 10.8. The van der Waals surface area contributed by atoms with Crippen molar-refractivity contribution in [3.8, 4) is 17.2 Å². The van der Waals surface area contributed by atoms with Crippen molar-refractivity contribution in [3.05, 3.63) is 106 Å². The van der Waals surface area contributed by atoms with Gasteiger partial charge in [-0.15, -0.1) is 0 Å². The number of benzene rings is 2. The third kappa shape index (κ3) is 5.06. The summed E-state index contributed by atoms with van der Waals surface area (Å²) in [5, 5.41) is 18.6. The van der Waals surface area contributed by atoms with Crippen LogP contribution in [0.25, 0.3) is 11.1 Å². The summed E-state index contributed by atoms with van der Waals surface area (Å²) >= 11 is 0. The zero-order valence-electron chi connectivity index (χ0n) is 23.0. The van der Waals surface area contributed by atoms with E-state index >= 15 is 8.78 Å². The molecule has 0 radical (unpaired) electrons. The predicted octanol–water partition coefficient (Wildman–Crippen LogP) is 4.90. The Morgan fingerprint density at radius 1 is 1.14 bits per heavy atom. The average molecular weight is 607 g/mol. The Kier molecular flexibility index (Phi) is 7.15. The lowest BCUT2D eigenvalue weighted by molar-refractivity contribution is -0.122. The number of carbonyl (C=O) groups excluding carboxylic acids is 2. The van der Waals surface area contributed by atoms with Crippen LogP contribution in [0.5, 0.6) is 0 Å². The van der Waals surface area contributed by atoms with Gasteiger partial charge in [-0.3, -0.25) is 19.3 Å². The van der Waals surface area contributed by atoms with Crippen LogP contribution in [0, 0.1) is 34.7 Å². The quantitative estimate of drug-likeness (QED) is 0.277. The Labute approximate surface area is 247 Å². The smallest absolute Gasteiger partial charge is 0.293 e. The molecule has 2 amide bonds. The lowest BCUT2D eigenvalue weighted by Gasteiger charge is -2.22. The van der Waals surface area contributed by atoms with Crippen LogP contribution in [0.4, 0.5) is 22.0 Å². The van der Waals surface area contributed by atoms with Crippen molar-refractivity contribution in [2.75, 3.05) is 7.05 Å². The Hall–Kier alpha value is -5.12. The van der Waals surface area contributed by atoms with Gasteiger partial charge in [-0.25, -0.2) is 13.2 Å². The van der Waals surface area contributed by atoms with E-state index in [-0.39, 0.29) is 40.9 Å². The average Bonchev–Trinajstić information content (AvgIpc) is 3.65. The summed E-state index contributed by atoms with van der Waals surface area (Å²) in [6, 6.07) is 10.6. The molecule has 2 unspecified atom stereocenters. The molecule has 2 heterocycles. The molecule has 2 aliphatic carbocycles. The van der Waals surface area contributed by atoms with Gasteiger partial charge in [0.2, 0.25) is 5.91 Å². The minimum Gasteiger partial charge on any atom is -0.355 e. The van der Waals surface area contributed by atoms with Crippen molar-refractivity contribution in [1.29, 1.82) is 5.26 Å². The largest absolute Gasteiger partial charge is 0.355 e. The van der Waals surface area contributed by atoms with Crippen LogP contribution in [-0.4, -0.2) is 33.6 Å². The van der Waals surface area contributed by atoms with Crippen LogP contribution in [0.1, 0.15) is 56.9 Å². The number of hydrogen-bond acceptors (Lipinski definition) is 5. The van der Waals surface area contributed by atoms with E-state index in [9.17, 15) is 28.0 Å². The number of halogens is 5. The number of nitriles is 1. The maximum absolute atomic E-state index is 15.1. The first-order chi connectivity index (χ1) is 21.0. The van der Waals surface area contributed by atoms with E-state index in [4.69, 9.17) is 0 Å². The van der Waals surface area contributed by atoms with Crippen molar-refractivity contribution in [2.45, 2.75) is 37.3 Å². The highest BCUT2D eigenvalue weighted by molar-refractivity contribution is 5.95. The lowest BCUT2D eigenvalue weighted by atomic mass is 9.94. The molecule has 0 aliphatic heterocycles. The van der Waals surface area contributed by atoms with E-state index in [1.807, 2.05) is 6.07 Å². The van der Waals surface area contributed by atoms with Gasteiger partial charge in [-0.1, -0.05) is 12.1 Å². The third-order valence-electron chi connectivity index (χ3n) is 7.95. The normalized spacial score (nSPS) is 18.1. The molecule has 3 atom stereocenters. The van der Waals surface area contributed by atoms with Crippen molar-refractivity contribution in [1.82, 2.24) is 25.4 Å². The summed E-state index contributed by atoms with van der Waals surface area (Å²) in [6.45, 7) is -0.660. The Morgan fingerprint density at radius 3 is 2.59 bits per heavy atom. The zero-order valence-corrected chi connectivity index (χ0v) is 23.0. The number of carbonyl (C=O) groups is 2. The molecule has 44 heavy (non-hydrogen) atoms. The fourth-order valence-electron chi connectivity index (χ4n) is 5.96. The molecule has 224 valence electrons. The number of nitrogens with one attached hydrogen (secondary N) is 2. The van der Waals surface area contributed by atoms with E-state index in [2.05, 4.69) is 20.7 Å². The highest BCUT2D eigenvalue weighted by Gasteiger charge is 2.66. The molecule has 0 saturated heterocycles. The van der Waals surface area contributed by atoms with E-state index in [0.717, 1.165) is 22.9 Å². The SMILES string of the molecule is CNC(=O)c1cc(-c2cccnc2[C@H](Cc2cc(F)cc(F)c2)NC(=O)Cn2nc(C#N)c3c2C(F)(F)C2CC32)ccc1F. The van der Waals surface area contributed by atoms with Crippen LogP contribution in [0.2, 0.25) is 0 Å². The van der Waals surface area contributed by atoms with E-state index in [1.165, 1.54) is 25.4 Å². The maximum Gasteiger partial charge on any atom is 0.293 e. The zero-order chi connectivity index (χ0) is 31.3. The van der Waals surface area contributed by atoms with Gasteiger partial charge in [0, 0.05) is 36.4 Å². The van der Waals surface area contributed by atoms with Crippen LogP contribution in [-0.2, 0) is 23.7 Å². The molecule has 0 bridgehead atoms. The minimum absolute atomic E-state index is 0.153. The molecular weight excluding hydrogens is 583 g/mol. The van der Waals surface area contributed by atoms with Crippen LogP contribution in [0.15, 0.2) is 54.7 Å². The second kappa shape index (κ2) is 10.9. The first-order valence-electron chi connectivity index (χ1n) is 13.6. The molecule has 13 heteroatoms. The molecule has 2 aromatic heterocycles. The number of amides is 2. The fraction of sp³-hybridized carbons (Fsp3) is 0.258. The van der Waals surface area contributed by atoms with Gasteiger partial charge in [-0.2, -0.15) is 19.1 Å². The fourth-order valence-corrected chi connectivity index (χ4v) is 5.96. The summed E-state index contributed by atoms with van der Waals surface area (Å²) in [7, 11) is 1.35. The Balaban J connectivity index is 1.37. The summed E-state index contributed by atoms with van der Waals surface area (Å²) in [4.78, 5) is 30.1. The first-order valence-corrected chi connectivity index (χ1v) is 13.6. The number of hydrogen-bond donors (Lipinski definition) is 2. The molecule has 8 nitrogen and oxygen atoms in total. The Morgan fingerprint density at radius 2 is 1.89 bits per heavy atom. The third-order valence-corrected chi connectivity index (χ3v) is 7.95. The number of aromatic nitrogens is 3. The number of nitrogens with zero attached hydrogens (tertiary/aromatic N) is 4. The number of pyridine rings is 1. The highest BCUT2D eigenvalue weighted by Crippen LogP contribution is 2.67. The number of rotatable bonds is 8. The maximum atomic E-state index is 15.1. The summed E-state index contributed by atoms with van der Waals surface area (Å²) < 4.78 is 73.6. The van der Waals surface area contributed by atoms with Crippen molar-refractivity contribution < 1.29 is 31.5 Å². The summed E-state index contributed by atoms with van der Waals surface area (Å²) in [5.74, 6) is -8.58. The van der Waals surface area contributed by atoms with Crippen molar-refractivity contribution in [2.24, 2.45) is 5.92 Å². The molecule has 6 rings (SSSR count). The molecule has 2 N–H and O–H groups in total. The van der Waals surface area contributed by atoms with Gasteiger partial charge in [-0.05, 0) is 60.2 Å². The van der Waals surface area contributed by atoms with Crippen LogP contribution >= 0.6 is 0 Å². The molecule has 2 aromatic carbocycles.